The van der Waals surface area contributed by atoms with E-state index in [-0.39, 0.29) is 5.78 Å². The standard InChI is InChI=1S/C8H14O2/c1-3-10-5-8(9)7-4-6(7)2/h6-7H,3-5H2,1-2H3. The van der Waals surface area contributed by atoms with Crippen molar-refractivity contribution in [2.75, 3.05) is 13.2 Å². The Morgan fingerprint density at radius 3 is 2.70 bits per heavy atom. The maximum Gasteiger partial charge on any atom is 0.161 e. The minimum absolute atomic E-state index is 0.286. The van der Waals surface area contributed by atoms with Gasteiger partial charge >= 0.3 is 0 Å². The molecule has 0 heterocycles. The predicted molar refractivity (Wildman–Crippen MR) is 38.8 cm³/mol. The van der Waals surface area contributed by atoms with Crippen LogP contribution >= 0.6 is 0 Å². The summed E-state index contributed by atoms with van der Waals surface area (Å²) in [6, 6.07) is 0. The Kier molecular flexibility index (Phi) is 2.44. The molecule has 0 aliphatic heterocycles. The van der Waals surface area contributed by atoms with Crippen molar-refractivity contribution in [3.63, 3.8) is 0 Å². The van der Waals surface area contributed by atoms with Crippen molar-refractivity contribution in [2.24, 2.45) is 11.8 Å². The molecule has 0 aromatic carbocycles. The number of carbonyl (C=O) groups is 1. The average Bonchev–Trinajstić information content (AvgIpc) is 2.62. The molecule has 2 heteroatoms. The first-order chi connectivity index (χ1) is 4.75. The van der Waals surface area contributed by atoms with Crippen LogP contribution in [0.25, 0.3) is 0 Å². The fourth-order valence-electron chi connectivity index (χ4n) is 1.08. The Morgan fingerprint density at radius 1 is 1.70 bits per heavy atom. The summed E-state index contributed by atoms with van der Waals surface area (Å²) in [5.41, 5.74) is 0. The zero-order valence-corrected chi connectivity index (χ0v) is 6.59. The Labute approximate surface area is 61.6 Å². The highest BCUT2D eigenvalue weighted by Gasteiger charge is 2.38. The van der Waals surface area contributed by atoms with E-state index in [0.29, 0.717) is 25.0 Å². The molecule has 0 saturated heterocycles. The summed E-state index contributed by atoms with van der Waals surface area (Å²) in [6.07, 6.45) is 1.08. The lowest BCUT2D eigenvalue weighted by molar-refractivity contribution is -0.124. The first kappa shape index (κ1) is 7.73. The van der Waals surface area contributed by atoms with Crippen LogP contribution in [0.4, 0.5) is 0 Å². The molecule has 0 radical (unpaired) electrons. The molecule has 58 valence electrons. The highest BCUT2D eigenvalue weighted by molar-refractivity contribution is 5.84. The van der Waals surface area contributed by atoms with E-state index in [1.54, 1.807) is 0 Å². The molecule has 0 amide bonds. The van der Waals surface area contributed by atoms with E-state index in [4.69, 9.17) is 4.74 Å². The second-order valence-electron chi connectivity index (χ2n) is 2.92. The molecule has 10 heavy (non-hydrogen) atoms. The molecule has 0 aromatic rings. The molecule has 1 fully saturated rings. The molecule has 0 bridgehead atoms. The molecule has 2 atom stereocenters. The Morgan fingerprint density at radius 2 is 2.30 bits per heavy atom. The fraction of sp³-hybridized carbons (Fsp3) is 0.875. The zero-order valence-electron chi connectivity index (χ0n) is 6.59. The van der Waals surface area contributed by atoms with Gasteiger partial charge in [0.1, 0.15) is 6.61 Å². The Hall–Kier alpha value is -0.370. The third-order valence-corrected chi connectivity index (χ3v) is 1.97. The second-order valence-corrected chi connectivity index (χ2v) is 2.92. The van der Waals surface area contributed by atoms with Crippen LogP contribution in [0.5, 0.6) is 0 Å². The van der Waals surface area contributed by atoms with Gasteiger partial charge in [-0.15, -0.1) is 0 Å². The first-order valence-electron chi connectivity index (χ1n) is 3.86. The van der Waals surface area contributed by atoms with Gasteiger partial charge in [-0.05, 0) is 19.3 Å². The smallest absolute Gasteiger partial charge is 0.161 e. The van der Waals surface area contributed by atoms with Crippen molar-refractivity contribution >= 4 is 5.78 Å². The van der Waals surface area contributed by atoms with E-state index in [1.165, 1.54) is 0 Å². The highest BCUT2D eigenvalue weighted by atomic mass is 16.5. The van der Waals surface area contributed by atoms with E-state index >= 15 is 0 Å². The summed E-state index contributed by atoms with van der Waals surface area (Å²) in [7, 11) is 0. The molecule has 0 aromatic heterocycles. The van der Waals surface area contributed by atoms with Gasteiger partial charge in [-0.25, -0.2) is 0 Å². The lowest BCUT2D eigenvalue weighted by Gasteiger charge is -1.97. The molecule has 1 aliphatic carbocycles. The van der Waals surface area contributed by atoms with Gasteiger partial charge in [-0.3, -0.25) is 4.79 Å². The van der Waals surface area contributed by atoms with Crippen LogP contribution in [0.2, 0.25) is 0 Å². The SMILES string of the molecule is CCOCC(=O)C1CC1C. The van der Waals surface area contributed by atoms with Crippen LogP contribution in [0, 0.1) is 11.8 Å². The maximum absolute atomic E-state index is 11.0. The minimum atomic E-state index is 0.286. The quantitative estimate of drug-likeness (QED) is 0.590. The van der Waals surface area contributed by atoms with E-state index in [2.05, 4.69) is 6.92 Å². The predicted octanol–water partition coefficient (Wildman–Crippen LogP) is 1.25. The van der Waals surface area contributed by atoms with Crippen LogP contribution in [0.3, 0.4) is 0 Å². The molecule has 1 saturated carbocycles. The van der Waals surface area contributed by atoms with Gasteiger partial charge in [0.15, 0.2) is 5.78 Å². The highest BCUT2D eigenvalue weighted by Crippen LogP contribution is 2.38. The fourth-order valence-corrected chi connectivity index (χ4v) is 1.08. The van der Waals surface area contributed by atoms with E-state index in [0.717, 1.165) is 6.42 Å². The number of ketones is 1. The van der Waals surface area contributed by atoms with E-state index in [1.807, 2.05) is 6.92 Å². The summed E-state index contributed by atoms with van der Waals surface area (Å²) in [6.45, 7) is 4.98. The number of hydrogen-bond donors (Lipinski definition) is 0. The number of ether oxygens (including phenoxy) is 1. The molecule has 0 spiro atoms. The van der Waals surface area contributed by atoms with Crippen molar-refractivity contribution in [3.05, 3.63) is 0 Å². The summed E-state index contributed by atoms with van der Waals surface area (Å²) >= 11 is 0. The van der Waals surface area contributed by atoms with Crippen molar-refractivity contribution in [1.29, 1.82) is 0 Å². The first-order valence-corrected chi connectivity index (χ1v) is 3.86. The lowest BCUT2D eigenvalue weighted by atomic mass is 10.2. The topological polar surface area (TPSA) is 26.3 Å². The van der Waals surface area contributed by atoms with Crippen LogP contribution in [-0.2, 0) is 9.53 Å². The number of rotatable bonds is 4. The minimum Gasteiger partial charge on any atom is -0.374 e. The number of hydrogen-bond acceptors (Lipinski definition) is 2. The van der Waals surface area contributed by atoms with Gasteiger partial charge in [0.2, 0.25) is 0 Å². The molecule has 0 N–H and O–H groups in total. The van der Waals surface area contributed by atoms with Crippen LogP contribution < -0.4 is 0 Å². The van der Waals surface area contributed by atoms with Crippen molar-refractivity contribution in [1.82, 2.24) is 0 Å². The van der Waals surface area contributed by atoms with Gasteiger partial charge in [0.25, 0.3) is 0 Å². The van der Waals surface area contributed by atoms with Gasteiger partial charge in [-0.2, -0.15) is 0 Å². The van der Waals surface area contributed by atoms with Crippen molar-refractivity contribution in [3.8, 4) is 0 Å². The second kappa shape index (κ2) is 3.15. The molecule has 1 aliphatic rings. The van der Waals surface area contributed by atoms with E-state index < -0.39 is 0 Å². The number of carbonyl (C=O) groups excluding carboxylic acids is 1. The van der Waals surface area contributed by atoms with E-state index in [9.17, 15) is 4.79 Å². The lowest BCUT2D eigenvalue weighted by Crippen LogP contribution is -2.10. The molecule has 2 nitrogen and oxygen atoms in total. The largest absolute Gasteiger partial charge is 0.374 e. The third-order valence-electron chi connectivity index (χ3n) is 1.97. The Balaban J connectivity index is 2.11. The van der Waals surface area contributed by atoms with Crippen LogP contribution in [-0.4, -0.2) is 19.0 Å². The van der Waals surface area contributed by atoms with Gasteiger partial charge in [-0.1, -0.05) is 6.92 Å². The molecule has 2 unspecified atom stereocenters. The normalized spacial score (nSPS) is 30.2. The summed E-state index contributed by atoms with van der Waals surface area (Å²) in [5, 5.41) is 0. The summed E-state index contributed by atoms with van der Waals surface area (Å²) in [5.74, 6) is 1.23. The molecule has 1 rings (SSSR count). The Bertz CT molecular complexity index is 131. The summed E-state index contributed by atoms with van der Waals surface area (Å²) in [4.78, 5) is 11.0. The molecular formula is C8H14O2. The molecular weight excluding hydrogens is 128 g/mol. The van der Waals surface area contributed by atoms with Gasteiger partial charge in [0.05, 0.1) is 0 Å². The zero-order chi connectivity index (χ0) is 7.56. The van der Waals surface area contributed by atoms with Crippen molar-refractivity contribution < 1.29 is 9.53 Å². The van der Waals surface area contributed by atoms with Gasteiger partial charge < -0.3 is 4.74 Å². The van der Waals surface area contributed by atoms with Crippen molar-refractivity contribution in [2.45, 2.75) is 20.3 Å². The van der Waals surface area contributed by atoms with Crippen LogP contribution in [0.15, 0.2) is 0 Å². The average molecular weight is 142 g/mol. The third kappa shape index (κ3) is 1.81. The summed E-state index contributed by atoms with van der Waals surface area (Å²) < 4.78 is 5.00. The monoisotopic (exact) mass is 142 g/mol. The maximum atomic E-state index is 11.0. The number of Topliss-reactive ketones (excluding diaryl/α,β-unsaturated/α-hetero) is 1. The van der Waals surface area contributed by atoms with Gasteiger partial charge in [0, 0.05) is 12.5 Å². The van der Waals surface area contributed by atoms with Crippen LogP contribution in [0.1, 0.15) is 20.3 Å².